The molecule has 2 fully saturated rings. The van der Waals surface area contributed by atoms with Crippen molar-refractivity contribution < 1.29 is 9.53 Å². The number of nitrogens with zero attached hydrogens (tertiary/aromatic N) is 1. The molecule has 1 amide bonds. The summed E-state index contributed by atoms with van der Waals surface area (Å²) >= 11 is 0. The Hall–Kier alpha value is -1.35. The molecule has 1 aromatic carbocycles. The predicted molar refractivity (Wildman–Crippen MR) is 69.5 cm³/mol. The van der Waals surface area contributed by atoms with E-state index < -0.39 is 0 Å². The first-order valence-corrected chi connectivity index (χ1v) is 6.84. The molecule has 2 aliphatic rings. The summed E-state index contributed by atoms with van der Waals surface area (Å²) < 4.78 is 5.80. The van der Waals surface area contributed by atoms with Crippen LogP contribution in [0.25, 0.3) is 0 Å². The molecule has 1 saturated heterocycles. The fourth-order valence-electron chi connectivity index (χ4n) is 3.10. The highest BCUT2D eigenvalue weighted by molar-refractivity contribution is 5.94. The Morgan fingerprint density at radius 3 is 2.78 bits per heavy atom. The quantitative estimate of drug-likeness (QED) is 0.760. The van der Waals surface area contributed by atoms with Crippen molar-refractivity contribution in [1.29, 1.82) is 0 Å². The molecule has 0 spiro atoms. The van der Waals surface area contributed by atoms with Gasteiger partial charge in [-0.1, -0.05) is 31.0 Å². The van der Waals surface area contributed by atoms with Gasteiger partial charge in [0.2, 0.25) is 0 Å². The van der Waals surface area contributed by atoms with Gasteiger partial charge in [0.1, 0.15) is 0 Å². The van der Waals surface area contributed by atoms with Crippen LogP contribution in [0.5, 0.6) is 0 Å². The van der Waals surface area contributed by atoms with E-state index in [0.717, 1.165) is 24.9 Å². The third-order valence-corrected chi connectivity index (χ3v) is 4.01. The third kappa shape index (κ3) is 2.15. The molecular weight excluding hydrogens is 226 g/mol. The molecule has 1 heterocycles. The average Bonchev–Trinajstić information content (AvgIpc) is 2.47. The molecule has 0 unspecified atom stereocenters. The highest BCUT2D eigenvalue weighted by atomic mass is 16.5. The number of carbonyl (C=O) groups is 1. The number of carbonyl (C=O) groups excluding carboxylic acids is 1. The van der Waals surface area contributed by atoms with Gasteiger partial charge in [-0.3, -0.25) is 4.79 Å². The molecular formula is C15H19NO2. The topological polar surface area (TPSA) is 29.5 Å². The minimum absolute atomic E-state index is 0.163. The first-order chi connectivity index (χ1) is 8.86. The molecule has 3 heteroatoms. The summed E-state index contributed by atoms with van der Waals surface area (Å²) in [7, 11) is 0. The van der Waals surface area contributed by atoms with Crippen molar-refractivity contribution in [3.05, 3.63) is 35.9 Å². The van der Waals surface area contributed by atoms with Gasteiger partial charge in [0.05, 0.1) is 18.8 Å². The van der Waals surface area contributed by atoms with Crippen LogP contribution in [0.15, 0.2) is 30.3 Å². The smallest absolute Gasteiger partial charge is 0.254 e. The Morgan fingerprint density at radius 2 is 1.94 bits per heavy atom. The number of fused-ring (bicyclic) bond motifs is 1. The lowest BCUT2D eigenvalue weighted by Gasteiger charge is -2.43. The van der Waals surface area contributed by atoms with Crippen LogP contribution >= 0.6 is 0 Å². The zero-order valence-electron chi connectivity index (χ0n) is 10.5. The second-order valence-corrected chi connectivity index (χ2v) is 5.13. The highest BCUT2D eigenvalue weighted by Crippen LogP contribution is 2.29. The maximum Gasteiger partial charge on any atom is 0.254 e. The van der Waals surface area contributed by atoms with Crippen molar-refractivity contribution >= 4 is 5.91 Å². The fourth-order valence-corrected chi connectivity index (χ4v) is 3.10. The van der Waals surface area contributed by atoms with Crippen LogP contribution in [0.3, 0.4) is 0 Å². The molecule has 1 aliphatic carbocycles. The summed E-state index contributed by atoms with van der Waals surface area (Å²) in [6.45, 7) is 1.41. The molecule has 0 N–H and O–H groups in total. The summed E-state index contributed by atoms with van der Waals surface area (Å²) in [6.07, 6.45) is 4.89. The van der Waals surface area contributed by atoms with Crippen LogP contribution in [0.1, 0.15) is 36.0 Å². The van der Waals surface area contributed by atoms with Crippen molar-refractivity contribution in [2.24, 2.45) is 0 Å². The van der Waals surface area contributed by atoms with E-state index in [1.165, 1.54) is 12.8 Å². The molecule has 96 valence electrons. The summed E-state index contributed by atoms with van der Waals surface area (Å²) in [5, 5.41) is 0. The Balaban J connectivity index is 1.80. The minimum atomic E-state index is 0.163. The molecule has 0 aromatic heterocycles. The predicted octanol–water partition coefficient (Wildman–Crippen LogP) is 2.47. The van der Waals surface area contributed by atoms with Crippen LogP contribution in [0.2, 0.25) is 0 Å². The Kier molecular flexibility index (Phi) is 3.33. The molecule has 1 saturated carbocycles. The van der Waals surface area contributed by atoms with Gasteiger partial charge < -0.3 is 9.64 Å². The first-order valence-electron chi connectivity index (χ1n) is 6.84. The van der Waals surface area contributed by atoms with Gasteiger partial charge in [0.15, 0.2) is 0 Å². The van der Waals surface area contributed by atoms with Gasteiger partial charge >= 0.3 is 0 Å². The van der Waals surface area contributed by atoms with Crippen molar-refractivity contribution in [2.75, 3.05) is 13.2 Å². The SMILES string of the molecule is O=C(c1ccccc1)N1CCO[C@H]2CCCC[C@H]21. The van der Waals surface area contributed by atoms with Crippen LogP contribution in [0.4, 0.5) is 0 Å². The first kappa shape index (κ1) is 11.7. The second-order valence-electron chi connectivity index (χ2n) is 5.13. The maximum absolute atomic E-state index is 12.5. The molecule has 2 atom stereocenters. The standard InChI is InChI=1S/C15H19NO2/c17-15(12-6-2-1-3-7-12)16-10-11-18-14-9-5-4-8-13(14)16/h1-3,6-7,13-14H,4-5,8-11H2/t13-,14+/m1/s1. The second kappa shape index (κ2) is 5.11. The fraction of sp³-hybridized carbons (Fsp3) is 0.533. The van der Waals surface area contributed by atoms with E-state index in [1.54, 1.807) is 0 Å². The van der Waals surface area contributed by atoms with Gasteiger partial charge in [0.25, 0.3) is 5.91 Å². The number of hydrogen-bond acceptors (Lipinski definition) is 2. The van der Waals surface area contributed by atoms with E-state index >= 15 is 0 Å². The van der Waals surface area contributed by atoms with Crippen LogP contribution < -0.4 is 0 Å². The number of morpholine rings is 1. The number of rotatable bonds is 1. The number of amides is 1. The Bertz CT molecular complexity index is 416. The molecule has 18 heavy (non-hydrogen) atoms. The summed E-state index contributed by atoms with van der Waals surface area (Å²) in [6, 6.07) is 9.88. The van der Waals surface area contributed by atoms with E-state index in [2.05, 4.69) is 0 Å². The van der Waals surface area contributed by atoms with Crippen molar-refractivity contribution in [3.8, 4) is 0 Å². The minimum Gasteiger partial charge on any atom is -0.374 e. The van der Waals surface area contributed by atoms with E-state index in [-0.39, 0.29) is 12.0 Å². The monoisotopic (exact) mass is 245 g/mol. The van der Waals surface area contributed by atoms with Crippen molar-refractivity contribution in [1.82, 2.24) is 4.90 Å². The van der Waals surface area contributed by atoms with Crippen LogP contribution in [0, 0.1) is 0 Å². The average molecular weight is 245 g/mol. The molecule has 1 aliphatic heterocycles. The third-order valence-electron chi connectivity index (χ3n) is 4.01. The zero-order chi connectivity index (χ0) is 12.4. The lowest BCUT2D eigenvalue weighted by Crippen LogP contribution is -2.54. The van der Waals surface area contributed by atoms with E-state index in [1.807, 2.05) is 35.2 Å². The summed E-state index contributed by atoms with van der Waals surface area (Å²) in [5.74, 6) is 0.163. The summed E-state index contributed by atoms with van der Waals surface area (Å²) in [5.41, 5.74) is 0.795. The normalized spacial score (nSPS) is 27.7. The van der Waals surface area contributed by atoms with E-state index in [0.29, 0.717) is 12.6 Å². The lowest BCUT2D eigenvalue weighted by molar-refractivity contribution is -0.0752. The zero-order valence-corrected chi connectivity index (χ0v) is 10.5. The number of hydrogen-bond donors (Lipinski definition) is 0. The number of ether oxygens (including phenoxy) is 1. The lowest BCUT2D eigenvalue weighted by atomic mass is 9.89. The Labute approximate surface area is 108 Å². The van der Waals surface area contributed by atoms with Crippen LogP contribution in [-0.2, 0) is 4.74 Å². The largest absolute Gasteiger partial charge is 0.374 e. The summed E-state index contributed by atoms with van der Waals surface area (Å²) in [4.78, 5) is 14.6. The molecule has 0 radical (unpaired) electrons. The van der Waals surface area contributed by atoms with Crippen molar-refractivity contribution in [2.45, 2.75) is 37.8 Å². The molecule has 0 bridgehead atoms. The van der Waals surface area contributed by atoms with Crippen molar-refractivity contribution in [3.63, 3.8) is 0 Å². The van der Waals surface area contributed by atoms with Gasteiger partial charge in [-0.05, 0) is 25.0 Å². The maximum atomic E-state index is 12.5. The van der Waals surface area contributed by atoms with Gasteiger partial charge in [0, 0.05) is 12.1 Å². The van der Waals surface area contributed by atoms with Gasteiger partial charge in [-0.15, -0.1) is 0 Å². The Morgan fingerprint density at radius 1 is 1.17 bits per heavy atom. The molecule has 3 rings (SSSR count). The van der Waals surface area contributed by atoms with E-state index in [9.17, 15) is 4.79 Å². The van der Waals surface area contributed by atoms with Crippen LogP contribution in [-0.4, -0.2) is 36.1 Å². The van der Waals surface area contributed by atoms with Gasteiger partial charge in [-0.25, -0.2) is 0 Å². The number of benzene rings is 1. The van der Waals surface area contributed by atoms with Gasteiger partial charge in [-0.2, -0.15) is 0 Å². The highest BCUT2D eigenvalue weighted by Gasteiger charge is 2.36. The molecule has 3 nitrogen and oxygen atoms in total. The van der Waals surface area contributed by atoms with E-state index in [4.69, 9.17) is 4.74 Å². The molecule has 1 aromatic rings.